The number of benzene rings is 2. The predicted molar refractivity (Wildman–Crippen MR) is 139 cm³/mol. The standard InChI is InChI=1S/C25H22N6O2.2ClH/c1-2-10-26-21(3-1)24-27-20-9-8-19(15-22(20)28-24)25-29-23(30-33-25)18-6-4-17(5-7-18)16-31-11-13-32-14-12-31;;/h1-10,15H,11-14,16H2,(H,27,28);2*1H. The lowest BCUT2D eigenvalue weighted by atomic mass is 10.1. The van der Waals surface area contributed by atoms with Crippen LogP contribution in [0, 0.1) is 0 Å². The minimum absolute atomic E-state index is 0. The van der Waals surface area contributed by atoms with Crippen LogP contribution in [0.5, 0.6) is 0 Å². The number of pyridine rings is 1. The zero-order valence-electron chi connectivity index (χ0n) is 18.8. The molecule has 5 aromatic rings. The van der Waals surface area contributed by atoms with E-state index < -0.39 is 0 Å². The summed E-state index contributed by atoms with van der Waals surface area (Å²) in [6, 6.07) is 19.9. The van der Waals surface area contributed by atoms with Gasteiger partial charge in [0.25, 0.3) is 5.89 Å². The normalized spacial score (nSPS) is 13.8. The smallest absolute Gasteiger partial charge is 0.258 e. The van der Waals surface area contributed by atoms with E-state index >= 15 is 0 Å². The Kier molecular flexibility index (Phi) is 7.77. The van der Waals surface area contributed by atoms with Crippen LogP contribution >= 0.6 is 24.8 Å². The Morgan fingerprint density at radius 3 is 2.46 bits per heavy atom. The molecule has 180 valence electrons. The number of aromatic amines is 1. The number of halogens is 2. The highest BCUT2D eigenvalue weighted by Crippen LogP contribution is 2.26. The van der Waals surface area contributed by atoms with Gasteiger partial charge in [-0.1, -0.05) is 35.5 Å². The van der Waals surface area contributed by atoms with E-state index in [4.69, 9.17) is 9.26 Å². The fourth-order valence-electron chi connectivity index (χ4n) is 4.00. The van der Waals surface area contributed by atoms with Crippen LogP contribution in [0.2, 0.25) is 0 Å². The molecule has 0 unspecified atom stereocenters. The maximum atomic E-state index is 5.57. The van der Waals surface area contributed by atoms with Crippen molar-refractivity contribution >= 4 is 35.8 Å². The van der Waals surface area contributed by atoms with Crippen LogP contribution in [0.15, 0.2) is 71.4 Å². The fourth-order valence-corrected chi connectivity index (χ4v) is 4.00. The maximum absolute atomic E-state index is 5.57. The number of rotatable bonds is 5. The molecule has 4 heterocycles. The molecule has 3 aromatic heterocycles. The van der Waals surface area contributed by atoms with Gasteiger partial charge in [-0.25, -0.2) is 4.98 Å². The van der Waals surface area contributed by atoms with Crippen molar-refractivity contribution in [3.8, 4) is 34.4 Å². The van der Waals surface area contributed by atoms with Gasteiger partial charge in [-0.15, -0.1) is 24.8 Å². The number of hydrogen-bond donors (Lipinski definition) is 1. The topological polar surface area (TPSA) is 93.0 Å². The molecule has 8 nitrogen and oxygen atoms in total. The SMILES string of the molecule is Cl.Cl.c1ccc(-c2nc3ccc(-c4nc(-c5ccc(CN6CCOCC6)cc5)no4)cc3[nH]2)nc1. The van der Waals surface area contributed by atoms with E-state index in [9.17, 15) is 0 Å². The molecule has 1 aliphatic rings. The van der Waals surface area contributed by atoms with Crippen molar-refractivity contribution in [2.45, 2.75) is 6.54 Å². The van der Waals surface area contributed by atoms with E-state index in [1.165, 1.54) is 5.56 Å². The second-order valence-electron chi connectivity index (χ2n) is 8.04. The first-order valence-corrected chi connectivity index (χ1v) is 11.0. The molecule has 0 aliphatic carbocycles. The second kappa shape index (κ2) is 11.0. The van der Waals surface area contributed by atoms with Crippen LogP contribution in [0.1, 0.15) is 5.56 Å². The molecule has 0 saturated carbocycles. The third-order valence-corrected chi connectivity index (χ3v) is 5.78. The van der Waals surface area contributed by atoms with Gasteiger partial charge in [-0.2, -0.15) is 4.98 Å². The first-order valence-electron chi connectivity index (χ1n) is 11.0. The highest BCUT2D eigenvalue weighted by atomic mass is 35.5. The van der Waals surface area contributed by atoms with Crippen molar-refractivity contribution in [2.24, 2.45) is 0 Å². The van der Waals surface area contributed by atoms with Crippen molar-refractivity contribution < 1.29 is 9.26 Å². The molecule has 1 aliphatic heterocycles. The molecule has 35 heavy (non-hydrogen) atoms. The zero-order valence-corrected chi connectivity index (χ0v) is 20.4. The minimum Gasteiger partial charge on any atom is -0.379 e. The van der Waals surface area contributed by atoms with E-state index in [1.54, 1.807) is 6.20 Å². The number of imidazole rings is 1. The van der Waals surface area contributed by atoms with Crippen molar-refractivity contribution in [3.63, 3.8) is 0 Å². The monoisotopic (exact) mass is 510 g/mol. The number of nitrogens with zero attached hydrogens (tertiary/aromatic N) is 5. The maximum Gasteiger partial charge on any atom is 0.258 e. The largest absolute Gasteiger partial charge is 0.379 e. The number of H-pyrrole nitrogens is 1. The van der Waals surface area contributed by atoms with Crippen LogP contribution in [-0.2, 0) is 11.3 Å². The third-order valence-electron chi connectivity index (χ3n) is 5.78. The van der Waals surface area contributed by atoms with Gasteiger partial charge in [0, 0.05) is 37.0 Å². The van der Waals surface area contributed by atoms with E-state index in [0.717, 1.165) is 66.5 Å². The van der Waals surface area contributed by atoms with Gasteiger partial charge in [0.1, 0.15) is 5.69 Å². The van der Waals surface area contributed by atoms with E-state index in [0.29, 0.717) is 11.7 Å². The van der Waals surface area contributed by atoms with Gasteiger partial charge in [0.05, 0.1) is 24.2 Å². The number of aromatic nitrogens is 5. The number of morpholine rings is 1. The molecule has 0 radical (unpaired) electrons. The molecule has 0 bridgehead atoms. The summed E-state index contributed by atoms with van der Waals surface area (Å²) in [6.07, 6.45) is 1.75. The first-order chi connectivity index (χ1) is 16.3. The molecule has 1 N–H and O–H groups in total. The van der Waals surface area contributed by atoms with Crippen molar-refractivity contribution in [1.82, 2.24) is 30.0 Å². The number of ether oxygens (including phenoxy) is 1. The molecule has 10 heteroatoms. The van der Waals surface area contributed by atoms with Crippen LogP contribution in [-0.4, -0.2) is 56.3 Å². The van der Waals surface area contributed by atoms with Crippen molar-refractivity contribution in [3.05, 3.63) is 72.4 Å². The summed E-state index contributed by atoms with van der Waals surface area (Å²) >= 11 is 0. The summed E-state index contributed by atoms with van der Waals surface area (Å²) in [6.45, 7) is 4.48. The summed E-state index contributed by atoms with van der Waals surface area (Å²) in [5.41, 5.74) is 5.57. The summed E-state index contributed by atoms with van der Waals surface area (Å²) in [5, 5.41) is 4.19. The number of hydrogen-bond acceptors (Lipinski definition) is 7. The Balaban J connectivity index is 0.00000144. The summed E-state index contributed by atoms with van der Waals surface area (Å²) in [4.78, 5) is 19.3. The van der Waals surface area contributed by atoms with Gasteiger partial charge >= 0.3 is 0 Å². The first kappa shape index (κ1) is 24.8. The number of nitrogens with one attached hydrogen (secondary N) is 1. The molecular formula is C25H24Cl2N6O2. The molecular weight excluding hydrogens is 487 g/mol. The summed E-state index contributed by atoms with van der Waals surface area (Å²) < 4.78 is 11.0. The molecule has 0 spiro atoms. The van der Waals surface area contributed by atoms with Gasteiger partial charge in [0.2, 0.25) is 5.82 Å². The van der Waals surface area contributed by atoms with Gasteiger partial charge in [-0.3, -0.25) is 9.88 Å². The van der Waals surface area contributed by atoms with Crippen LogP contribution in [0.3, 0.4) is 0 Å². The molecule has 0 amide bonds. The van der Waals surface area contributed by atoms with Gasteiger partial charge in [-0.05, 0) is 35.9 Å². The van der Waals surface area contributed by atoms with Crippen molar-refractivity contribution in [2.75, 3.05) is 26.3 Å². The van der Waals surface area contributed by atoms with Crippen molar-refractivity contribution in [1.29, 1.82) is 0 Å². The lowest BCUT2D eigenvalue weighted by molar-refractivity contribution is 0.0342. The highest BCUT2D eigenvalue weighted by Gasteiger charge is 2.14. The van der Waals surface area contributed by atoms with E-state index in [-0.39, 0.29) is 24.8 Å². The zero-order chi connectivity index (χ0) is 22.0. The quantitative estimate of drug-likeness (QED) is 0.354. The summed E-state index contributed by atoms with van der Waals surface area (Å²) in [7, 11) is 0. The highest BCUT2D eigenvalue weighted by molar-refractivity contribution is 5.85. The molecule has 6 rings (SSSR count). The van der Waals surface area contributed by atoms with Crippen LogP contribution in [0.4, 0.5) is 0 Å². The Morgan fingerprint density at radius 2 is 1.69 bits per heavy atom. The van der Waals surface area contributed by atoms with Crippen LogP contribution in [0.25, 0.3) is 45.4 Å². The third kappa shape index (κ3) is 5.36. The fraction of sp³-hybridized carbons (Fsp3) is 0.200. The Hall–Kier alpha value is -3.30. The molecule has 2 aromatic carbocycles. The summed E-state index contributed by atoms with van der Waals surface area (Å²) in [5.74, 6) is 1.77. The second-order valence-corrected chi connectivity index (χ2v) is 8.04. The number of fused-ring (bicyclic) bond motifs is 1. The molecule has 1 fully saturated rings. The average Bonchev–Trinajstić information content (AvgIpc) is 3.53. The lowest BCUT2D eigenvalue weighted by Crippen LogP contribution is -2.35. The Labute approximate surface area is 214 Å². The van der Waals surface area contributed by atoms with E-state index in [1.807, 2.05) is 48.5 Å². The van der Waals surface area contributed by atoms with E-state index in [2.05, 4.69) is 42.1 Å². The predicted octanol–water partition coefficient (Wildman–Crippen LogP) is 5.02. The Morgan fingerprint density at radius 1 is 0.886 bits per heavy atom. The van der Waals surface area contributed by atoms with Crippen LogP contribution < -0.4 is 0 Å². The molecule has 1 saturated heterocycles. The minimum atomic E-state index is 0. The lowest BCUT2D eigenvalue weighted by Gasteiger charge is -2.26. The Bertz CT molecular complexity index is 1380. The van der Waals surface area contributed by atoms with Gasteiger partial charge < -0.3 is 14.2 Å². The average molecular weight is 511 g/mol. The van der Waals surface area contributed by atoms with Gasteiger partial charge in [0.15, 0.2) is 5.82 Å². The molecule has 0 atom stereocenters.